The van der Waals surface area contributed by atoms with Gasteiger partial charge in [0, 0.05) is 30.9 Å². The van der Waals surface area contributed by atoms with E-state index >= 15 is 0 Å². The van der Waals surface area contributed by atoms with Crippen LogP contribution >= 0.6 is 0 Å². The van der Waals surface area contributed by atoms with Crippen molar-refractivity contribution in [2.75, 3.05) is 6.54 Å². The average molecular weight is 282 g/mol. The molecule has 2 aromatic rings. The van der Waals surface area contributed by atoms with Gasteiger partial charge in [-0.3, -0.25) is 4.98 Å². The molecule has 21 heavy (non-hydrogen) atoms. The second kappa shape index (κ2) is 5.86. The molecule has 0 radical (unpaired) electrons. The van der Waals surface area contributed by atoms with E-state index in [1.165, 1.54) is 16.7 Å². The summed E-state index contributed by atoms with van der Waals surface area (Å²) in [5.41, 5.74) is 3.77. The third-order valence-electron chi connectivity index (χ3n) is 3.80. The minimum Gasteiger partial charge on any atom is -0.487 e. The molecule has 1 aliphatic heterocycles. The first-order valence-electron chi connectivity index (χ1n) is 7.53. The van der Waals surface area contributed by atoms with Crippen molar-refractivity contribution in [2.45, 2.75) is 38.8 Å². The number of benzene rings is 1. The zero-order valence-corrected chi connectivity index (χ0v) is 12.7. The summed E-state index contributed by atoms with van der Waals surface area (Å²) < 4.78 is 6.09. The van der Waals surface area contributed by atoms with Crippen LogP contribution in [0.1, 0.15) is 30.5 Å². The highest BCUT2D eigenvalue weighted by Gasteiger charge is 2.31. The van der Waals surface area contributed by atoms with Crippen molar-refractivity contribution in [1.29, 1.82) is 0 Å². The fourth-order valence-electron chi connectivity index (χ4n) is 2.82. The Hall–Kier alpha value is -1.87. The molecule has 2 heterocycles. The Labute approximate surface area is 126 Å². The van der Waals surface area contributed by atoms with Gasteiger partial charge in [0.05, 0.1) is 0 Å². The summed E-state index contributed by atoms with van der Waals surface area (Å²) in [5, 5.41) is 3.50. The lowest BCUT2D eigenvalue weighted by atomic mass is 10.0. The summed E-state index contributed by atoms with van der Waals surface area (Å²) in [4.78, 5) is 4.14. The molecular formula is C18H22N2O. The largest absolute Gasteiger partial charge is 0.487 e. The highest BCUT2D eigenvalue weighted by molar-refractivity contribution is 5.45. The van der Waals surface area contributed by atoms with Gasteiger partial charge in [0.15, 0.2) is 0 Å². The third-order valence-corrected chi connectivity index (χ3v) is 3.80. The Kier molecular flexibility index (Phi) is 3.93. The highest BCUT2D eigenvalue weighted by Crippen LogP contribution is 2.37. The molecule has 1 aromatic heterocycles. The highest BCUT2D eigenvalue weighted by atomic mass is 16.5. The number of pyridine rings is 1. The summed E-state index contributed by atoms with van der Waals surface area (Å²) in [6.45, 7) is 6.08. The van der Waals surface area contributed by atoms with E-state index in [2.05, 4.69) is 48.4 Å². The van der Waals surface area contributed by atoms with E-state index in [1.807, 2.05) is 18.5 Å². The number of ether oxygens (including phenoxy) is 1. The predicted molar refractivity (Wildman–Crippen MR) is 84.5 cm³/mol. The Morgan fingerprint density at radius 2 is 2.14 bits per heavy atom. The van der Waals surface area contributed by atoms with Crippen LogP contribution in [0.15, 0.2) is 42.7 Å². The molecule has 1 N–H and O–H groups in total. The van der Waals surface area contributed by atoms with Crippen LogP contribution < -0.4 is 10.1 Å². The molecule has 0 fully saturated rings. The average Bonchev–Trinajstić information content (AvgIpc) is 2.79. The lowest BCUT2D eigenvalue weighted by Crippen LogP contribution is -2.25. The van der Waals surface area contributed by atoms with E-state index in [0.29, 0.717) is 0 Å². The molecule has 0 spiro atoms. The third kappa shape index (κ3) is 3.42. The number of nitrogens with zero attached hydrogens (tertiary/aromatic N) is 1. The van der Waals surface area contributed by atoms with Crippen molar-refractivity contribution in [3.63, 3.8) is 0 Å². The number of fused-ring (bicyclic) bond motifs is 1. The van der Waals surface area contributed by atoms with Crippen molar-refractivity contribution in [2.24, 2.45) is 0 Å². The first-order chi connectivity index (χ1) is 10.1. The van der Waals surface area contributed by atoms with E-state index in [-0.39, 0.29) is 5.60 Å². The summed E-state index contributed by atoms with van der Waals surface area (Å²) in [6, 6.07) is 10.5. The number of rotatable bonds is 5. The number of aromatic nitrogens is 1. The van der Waals surface area contributed by atoms with Gasteiger partial charge in [-0.2, -0.15) is 0 Å². The molecule has 1 aromatic carbocycles. The molecule has 0 unspecified atom stereocenters. The topological polar surface area (TPSA) is 34.2 Å². The normalized spacial score (nSPS) is 15.5. The molecule has 110 valence electrons. The van der Waals surface area contributed by atoms with Crippen LogP contribution in [0.4, 0.5) is 0 Å². The SMILES string of the molecule is CC1(C)Cc2cccc(CNCCc3cccnc3)c2O1. The van der Waals surface area contributed by atoms with E-state index in [1.54, 1.807) is 0 Å². The first kappa shape index (κ1) is 14.1. The van der Waals surface area contributed by atoms with E-state index < -0.39 is 0 Å². The van der Waals surface area contributed by atoms with Crippen molar-refractivity contribution < 1.29 is 4.74 Å². The van der Waals surface area contributed by atoms with Gasteiger partial charge >= 0.3 is 0 Å². The van der Waals surface area contributed by atoms with Gasteiger partial charge in [-0.1, -0.05) is 24.3 Å². The quantitative estimate of drug-likeness (QED) is 0.856. The number of para-hydroxylation sites is 1. The van der Waals surface area contributed by atoms with Crippen LogP contribution in [0.25, 0.3) is 0 Å². The Morgan fingerprint density at radius 1 is 1.24 bits per heavy atom. The van der Waals surface area contributed by atoms with Crippen LogP contribution in [-0.2, 0) is 19.4 Å². The minimum atomic E-state index is -0.0753. The van der Waals surface area contributed by atoms with Gasteiger partial charge in [0.1, 0.15) is 11.4 Å². The number of hydrogen-bond donors (Lipinski definition) is 1. The van der Waals surface area contributed by atoms with Gasteiger partial charge in [0.25, 0.3) is 0 Å². The van der Waals surface area contributed by atoms with Crippen LogP contribution in [0.2, 0.25) is 0 Å². The fourth-order valence-corrected chi connectivity index (χ4v) is 2.82. The Balaban J connectivity index is 1.56. The summed E-state index contributed by atoms with van der Waals surface area (Å²) in [6.07, 6.45) is 5.72. The lowest BCUT2D eigenvalue weighted by molar-refractivity contribution is 0.137. The Morgan fingerprint density at radius 3 is 2.95 bits per heavy atom. The molecule has 0 saturated heterocycles. The van der Waals surface area contributed by atoms with Crippen molar-refractivity contribution in [1.82, 2.24) is 10.3 Å². The second-order valence-corrected chi connectivity index (χ2v) is 6.23. The van der Waals surface area contributed by atoms with Crippen molar-refractivity contribution in [3.05, 3.63) is 59.4 Å². The fraction of sp³-hybridized carbons (Fsp3) is 0.389. The van der Waals surface area contributed by atoms with Gasteiger partial charge < -0.3 is 10.1 Å². The smallest absolute Gasteiger partial charge is 0.127 e. The van der Waals surface area contributed by atoms with E-state index in [9.17, 15) is 0 Å². The maximum Gasteiger partial charge on any atom is 0.127 e. The maximum atomic E-state index is 6.09. The number of hydrogen-bond acceptors (Lipinski definition) is 3. The predicted octanol–water partition coefficient (Wildman–Crippen LogP) is 3.13. The molecule has 0 atom stereocenters. The van der Waals surface area contributed by atoms with Gasteiger partial charge in [-0.25, -0.2) is 0 Å². The molecule has 0 bridgehead atoms. The molecule has 0 amide bonds. The zero-order chi connectivity index (χ0) is 14.7. The van der Waals surface area contributed by atoms with Crippen LogP contribution in [0.5, 0.6) is 5.75 Å². The molecule has 3 nitrogen and oxygen atoms in total. The Bertz CT molecular complexity index is 608. The van der Waals surface area contributed by atoms with Crippen LogP contribution in [-0.4, -0.2) is 17.1 Å². The standard InChI is InChI=1S/C18H22N2O/c1-18(2)11-15-6-3-7-16(17(15)21-18)13-20-10-8-14-5-4-9-19-12-14/h3-7,9,12,20H,8,10-11,13H2,1-2H3. The summed E-state index contributed by atoms with van der Waals surface area (Å²) in [7, 11) is 0. The van der Waals surface area contributed by atoms with Crippen LogP contribution in [0.3, 0.4) is 0 Å². The monoisotopic (exact) mass is 282 g/mol. The molecule has 0 aliphatic carbocycles. The maximum absolute atomic E-state index is 6.09. The second-order valence-electron chi connectivity index (χ2n) is 6.23. The number of nitrogens with one attached hydrogen (secondary N) is 1. The van der Waals surface area contributed by atoms with Gasteiger partial charge in [0.2, 0.25) is 0 Å². The van der Waals surface area contributed by atoms with E-state index in [4.69, 9.17) is 4.74 Å². The lowest BCUT2D eigenvalue weighted by Gasteiger charge is -2.18. The molecular weight excluding hydrogens is 260 g/mol. The van der Waals surface area contributed by atoms with Gasteiger partial charge in [-0.05, 0) is 44.0 Å². The molecule has 1 aliphatic rings. The molecule has 0 saturated carbocycles. The van der Waals surface area contributed by atoms with Gasteiger partial charge in [-0.15, -0.1) is 0 Å². The van der Waals surface area contributed by atoms with Crippen LogP contribution in [0, 0.1) is 0 Å². The van der Waals surface area contributed by atoms with Crippen molar-refractivity contribution in [3.8, 4) is 5.75 Å². The molecule has 3 heteroatoms. The van der Waals surface area contributed by atoms with Crippen molar-refractivity contribution >= 4 is 0 Å². The molecule has 3 rings (SSSR count). The first-order valence-corrected chi connectivity index (χ1v) is 7.53. The summed E-state index contributed by atoms with van der Waals surface area (Å²) in [5.74, 6) is 1.08. The zero-order valence-electron chi connectivity index (χ0n) is 12.7. The van der Waals surface area contributed by atoms with E-state index in [0.717, 1.165) is 31.7 Å². The summed E-state index contributed by atoms with van der Waals surface area (Å²) >= 11 is 0. The minimum absolute atomic E-state index is 0.0753.